The smallest absolute Gasteiger partial charge is 0.174 e. The first-order valence-corrected chi connectivity index (χ1v) is 3.77. The Balaban J connectivity index is 2.88. The lowest BCUT2D eigenvalue weighted by Crippen LogP contribution is -2.02. The number of hydrogen-bond donors (Lipinski definition) is 0. The van der Waals surface area contributed by atoms with E-state index in [1.807, 2.05) is 0 Å². The molecule has 0 spiro atoms. The van der Waals surface area contributed by atoms with Crippen LogP contribution in [0.4, 0.5) is 0 Å². The van der Waals surface area contributed by atoms with E-state index >= 15 is 0 Å². The van der Waals surface area contributed by atoms with Gasteiger partial charge in [0, 0.05) is 5.38 Å². The molecular formula is C6H6N2O2S. The maximum Gasteiger partial charge on any atom is 0.174 e. The molecule has 1 aromatic heterocycles. The molecule has 0 aromatic carbocycles. The minimum absolute atomic E-state index is 0.216. The number of aldehydes is 1. The van der Waals surface area contributed by atoms with Crippen molar-refractivity contribution in [2.24, 2.45) is 5.16 Å². The van der Waals surface area contributed by atoms with Gasteiger partial charge in [0.15, 0.2) is 12.0 Å². The molecule has 0 saturated carbocycles. The molecule has 0 fully saturated rings. The molecule has 0 atom stereocenters. The van der Waals surface area contributed by atoms with Crippen molar-refractivity contribution in [3.05, 3.63) is 16.6 Å². The maximum atomic E-state index is 10.3. The highest BCUT2D eigenvalue weighted by Gasteiger charge is 2.03. The minimum Gasteiger partial charge on any atom is -0.398 e. The van der Waals surface area contributed by atoms with Crippen molar-refractivity contribution in [1.29, 1.82) is 0 Å². The van der Waals surface area contributed by atoms with Gasteiger partial charge in [-0.2, -0.15) is 0 Å². The third-order valence-corrected chi connectivity index (χ3v) is 1.58. The summed E-state index contributed by atoms with van der Waals surface area (Å²) in [5.41, 5.74) is 2.39. The summed E-state index contributed by atoms with van der Waals surface area (Å²) in [5, 5.41) is 5.21. The lowest BCUT2D eigenvalue weighted by molar-refractivity contribution is -0.102. The minimum atomic E-state index is 0.216. The summed E-state index contributed by atoms with van der Waals surface area (Å²) in [7, 11) is 1.38. The van der Waals surface area contributed by atoms with Crippen LogP contribution < -0.4 is 0 Å². The molecule has 0 radical (unpaired) electrons. The first-order chi connectivity index (χ1) is 5.38. The maximum absolute atomic E-state index is 10.3. The third kappa shape index (κ3) is 1.84. The zero-order valence-electron chi connectivity index (χ0n) is 5.85. The van der Waals surface area contributed by atoms with Crippen molar-refractivity contribution >= 4 is 23.3 Å². The fourth-order valence-corrected chi connectivity index (χ4v) is 1.11. The van der Waals surface area contributed by atoms with E-state index in [9.17, 15) is 4.79 Å². The van der Waals surface area contributed by atoms with Crippen molar-refractivity contribution in [3.63, 3.8) is 0 Å². The van der Waals surface area contributed by atoms with E-state index in [0.29, 0.717) is 12.0 Å². The van der Waals surface area contributed by atoms with Gasteiger partial charge in [0.05, 0.1) is 5.51 Å². The number of hydrogen-bond acceptors (Lipinski definition) is 5. The second-order valence-corrected chi connectivity index (χ2v) is 2.37. The zero-order valence-corrected chi connectivity index (χ0v) is 6.67. The van der Waals surface area contributed by atoms with E-state index in [1.165, 1.54) is 18.4 Å². The molecule has 0 aliphatic rings. The third-order valence-electron chi connectivity index (χ3n) is 0.996. The quantitative estimate of drug-likeness (QED) is 0.381. The van der Waals surface area contributed by atoms with Crippen molar-refractivity contribution in [3.8, 4) is 0 Å². The number of oxime groups is 1. The van der Waals surface area contributed by atoms with Crippen LogP contribution in [0.3, 0.4) is 0 Å². The van der Waals surface area contributed by atoms with Crippen LogP contribution in [0.5, 0.6) is 0 Å². The van der Waals surface area contributed by atoms with Gasteiger partial charge >= 0.3 is 0 Å². The Kier molecular flexibility index (Phi) is 2.74. The molecule has 1 aromatic rings. The SMILES string of the molecule is CON=C(C=O)c1cscn1. The van der Waals surface area contributed by atoms with Crippen LogP contribution in [-0.4, -0.2) is 24.1 Å². The number of thiazole rings is 1. The van der Waals surface area contributed by atoms with Crippen LogP contribution in [0.2, 0.25) is 0 Å². The molecule has 1 rings (SSSR count). The van der Waals surface area contributed by atoms with Gasteiger partial charge in [0.2, 0.25) is 0 Å². The van der Waals surface area contributed by atoms with Gasteiger partial charge in [-0.3, -0.25) is 4.79 Å². The highest BCUT2D eigenvalue weighted by atomic mass is 32.1. The molecule has 0 unspecified atom stereocenters. The number of carbonyl (C=O) groups excluding carboxylic acids is 1. The summed E-state index contributed by atoms with van der Waals surface area (Å²) in [6.45, 7) is 0. The summed E-state index contributed by atoms with van der Waals surface area (Å²) in [5.74, 6) is 0. The van der Waals surface area contributed by atoms with Crippen LogP contribution in [0.15, 0.2) is 16.0 Å². The van der Waals surface area contributed by atoms with Gasteiger partial charge in [-0.05, 0) is 0 Å². The predicted molar refractivity (Wildman–Crippen MR) is 41.7 cm³/mol. The van der Waals surface area contributed by atoms with Crippen molar-refractivity contribution < 1.29 is 9.63 Å². The summed E-state index contributed by atoms with van der Waals surface area (Å²) in [4.78, 5) is 18.7. The molecule has 11 heavy (non-hydrogen) atoms. The van der Waals surface area contributed by atoms with E-state index < -0.39 is 0 Å². The molecule has 1 heterocycles. The Bertz CT molecular complexity index is 256. The summed E-state index contributed by atoms with van der Waals surface area (Å²) >= 11 is 1.40. The van der Waals surface area contributed by atoms with Gasteiger partial charge in [-0.1, -0.05) is 5.16 Å². The fraction of sp³-hybridized carbons (Fsp3) is 0.167. The zero-order chi connectivity index (χ0) is 8.10. The van der Waals surface area contributed by atoms with Crippen LogP contribution in [-0.2, 0) is 9.63 Å². The molecule has 0 N–H and O–H groups in total. The molecule has 5 heteroatoms. The summed E-state index contributed by atoms with van der Waals surface area (Å²) in [6, 6.07) is 0. The van der Waals surface area contributed by atoms with Crippen molar-refractivity contribution in [2.45, 2.75) is 0 Å². The molecule has 0 amide bonds. The standard InChI is InChI=1S/C6H6N2O2S/c1-10-8-5(2-9)6-3-11-4-7-6/h2-4H,1H3. The molecule has 0 bridgehead atoms. The molecular weight excluding hydrogens is 164 g/mol. The predicted octanol–water partition coefficient (Wildman–Crippen LogP) is 0.693. The van der Waals surface area contributed by atoms with E-state index in [0.717, 1.165) is 0 Å². The first kappa shape index (κ1) is 7.87. The average molecular weight is 170 g/mol. The lowest BCUT2D eigenvalue weighted by Gasteiger charge is -1.90. The normalized spacial score (nSPS) is 11.2. The Morgan fingerprint density at radius 3 is 3.18 bits per heavy atom. The van der Waals surface area contributed by atoms with Crippen molar-refractivity contribution in [1.82, 2.24) is 4.98 Å². The largest absolute Gasteiger partial charge is 0.398 e. The molecule has 0 aliphatic heterocycles. The first-order valence-electron chi connectivity index (χ1n) is 2.83. The van der Waals surface area contributed by atoms with E-state index in [-0.39, 0.29) is 5.71 Å². The summed E-state index contributed by atoms with van der Waals surface area (Å²) < 4.78 is 0. The second-order valence-electron chi connectivity index (χ2n) is 1.65. The van der Waals surface area contributed by atoms with E-state index in [2.05, 4.69) is 15.0 Å². The van der Waals surface area contributed by atoms with Crippen LogP contribution in [0.25, 0.3) is 0 Å². The van der Waals surface area contributed by atoms with Gasteiger partial charge in [0.1, 0.15) is 12.8 Å². The highest BCUT2D eigenvalue weighted by molar-refractivity contribution is 7.07. The van der Waals surface area contributed by atoms with Gasteiger partial charge in [0.25, 0.3) is 0 Å². The topological polar surface area (TPSA) is 51.5 Å². The van der Waals surface area contributed by atoms with Crippen molar-refractivity contribution in [2.75, 3.05) is 7.11 Å². The van der Waals surface area contributed by atoms with Gasteiger partial charge < -0.3 is 4.84 Å². The number of rotatable bonds is 3. The fourth-order valence-electron chi connectivity index (χ4n) is 0.566. The Morgan fingerprint density at radius 2 is 2.73 bits per heavy atom. The Hall–Kier alpha value is -1.23. The van der Waals surface area contributed by atoms with Crippen LogP contribution in [0.1, 0.15) is 5.69 Å². The number of carbonyl (C=O) groups is 1. The highest BCUT2D eigenvalue weighted by Crippen LogP contribution is 2.01. The van der Waals surface area contributed by atoms with E-state index in [4.69, 9.17) is 0 Å². The van der Waals surface area contributed by atoms with Crippen LogP contribution in [0, 0.1) is 0 Å². The molecule has 4 nitrogen and oxygen atoms in total. The Morgan fingerprint density at radius 1 is 1.91 bits per heavy atom. The number of nitrogens with zero attached hydrogens (tertiary/aromatic N) is 2. The lowest BCUT2D eigenvalue weighted by atomic mass is 10.3. The summed E-state index contributed by atoms with van der Waals surface area (Å²) in [6.07, 6.45) is 0.610. The molecule has 0 saturated heterocycles. The van der Waals surface area contributed by atoms with Gasteiger partial charge in [-0.15, -0.1) is 11.3 Å². The molecule has 58 valence electrons. The van der Waals surface area contributed by atoms with Crippen LogP contribution >= 0.6 is 11.3 Å². The number of aromatic nitrogens is 1. The monoisotopic (exact) mass is 170 g/mol. The average Bonchev–Trinajstić information content (AvgIpc) is 2.52. The second kappa shape index (κ2) is 3.82. The van der Waals surface area contributed by atoms with Gasteiger partial charge in [-0.25, -0.2) is 4.98 Å². The van der Waals surface area contributed by atoms with E-state index in [1.54, 1.807) is 10.9 Å². The Labute approximate surface area is 67.5 Å². The molecule has 0 aliphatic carbocycles.